The highest BCUT2D eigenvalue weighted by atomic mass is 19.1. The van der Waals surface area contributed by atoms with Gasteiger partial charge in [0.15, 0.2) is 17.7 Å². The van der Waals surface area contributed by atoms with Gasteiger partial charge in [0, 0.05) is 18.7 Å². The number of carbonyl (C=O) groups excluding carboxylic acids is 3. The van der Waals surface area contributed by atoms with E-state index in [-0.39, 0.29) is 23.4 Å². The zero-order valence-electron chi connectivity index (χ0n) is 12.7. The van der Waals surface area contributed by atoms with Crippen molar-refractivity contribution >= 4 is 23.6 Å². The molecule has 0 saturated carbocycles. The fraction of sp³-hybridized carbons (Fsp3) is 0.200. The number of anilines is 1. The van der Waals surface area contributed by atoms with Gasteiger partial charge in [0.05, 0.1) is 5.56 Å². The summed E-state index contributed by atoms with van der Waals surface area (Å²) in [6.45, 7) is 1.34. The molecule has 9 heteroatoms. The number of nitrogens with zero attached hydrogens (tertiary/aromatic N) is 1. The lowest BCUT2D eigenvalue weighted by Crippen LogP contribution is -2.29. The SMILES string of the molecule is CC(OC(N)=O)C(=O)Cc1cccc(F)c1C(=O)Nc1cc[nH]n1. The van der Waals surface area contributed by atoms with Crippen LogP contribution in [0.3, 0.4) is 0 Å². The van der Waals surface area contributed by atoms with Gasteiger partial charge < -0.3 is 15.8 Å². The molecule has 0 aliphatic rings. The smallest absolute Gasteiger partial charge is 0.405 e. The first kappa shape index (κ1) is 17.1. The second-order valence-corrected chi connectivity index (χ2v) is 4.91. The number of primary amides is 1. The van der Waals surface area contributed by atoms with Crippen molar-refractivity contribution in [2.75, 3.05) is 5.32 Å². The monoisotopic (exact) mass is 334 g/mol. The molecule has 8 nitrogen and oxygen atoms in total. The fourth-order valence-electron chi connectivity index (χ4n) is 2.05. The normalized spacial score (nSPS) is 11.6. The molecular formula is C15H15FN4O4. The minimum absolute atomic E-state index is 0.160. The maximum Gasteiger partial charge on any atom is 0.405 e. The summed E-state index contributed by atoms with van der Waals surface area (Å²) < 4.78 is 18.7. The third-order valence-corrected chi connectivity index (χ3v) is 3.18. The lowest BCUT2D eigenvalue weighted by molar-refractivity contribution is -0.125. The number of rotatable bonds is 6. The Morgan fingerprint density at radius 2 is 2.12 bits per heavy atom. The number of amides is 2. The summed E-state index contributed by atoms with van der Waals surface area (Å²) in [4.78, 5) is 35.0. The molecule has 0 fully saturated rings. The van der Waals surface area contributed by atoms with Gasteiger partial charge in [-0.15, -0.1) is 0 Å². The average Bonchev–Trinajstić information content (AvgIpc) is 2.99. The number of hydrogen-bond donors (Lipinski definition) is 3. The molecule has 1 unspecified atom stereocenters. The highest BCUT2D eigenvalue weighted by molar-refractivity contribution is 6.05. The van der Waals surface area contributed by atoms with Gasteiger partial charge >= 0.3 is 6.09 Å². The van der Waals surface area contributed by atoms with Crippen molar-refractivity contribution in [3.63, 3.8) is 0 Å². The zero-order valence-corrected chi connectivity index (χ0v) is 12.7. The van der Waals surface area contributed by atoms with Crippen LogP contribution >= 0.6 is 0 Å². The van der Waals surface area contributed by atoms with Crippen molar-refractivity contribution in [1.29, 1.82) is 0 Å². The molecule has 0 saturated heterocycles. The van der Waals surface area contributed by atoms with E-state index in [9.17, 15) is 18.8 Å². The number of halogens is 1. The quantitative estimate of drug-likeness (QED) is 0.736. The van der Waals surface area contributed by atoms with E-state index in [1.54, 1.807) is 0 Å². The summed E-state index contributed by atoms with van der Waals surface area (Å²) in [6, 6.07) is 5.42. The predicted molar refractivity (Wildman–Crippen MR) is 81.8 cm³/mol. The van der Waals surface area contributed by atoms with Crippen molar-refractivity contribution in [3.8, 4) is 0 Å². The standard InChI is InChI=1S/C15H15FN4O4/c1-8(24-15(17)23)11(21)7-9-3-2-4-10(16)13(9)14(22)19-12-5-6-18-20-12/h2-6,8H,7H2,1H3,(H2,17,23)(H2,18,19,20,22). The fourth-order valence-corrected chi connectivity index (χ4v) is 2.05. The molecule has 24 heavy (non-hydrogen) atoms. The molecule has 1 aromatic carbocycles. The molecule has 2 aromatic rings. The number of carbonyl (C=O) groups is 3. The lowest BCUT2D eigenvalue weighted by Gasteiger charge is -2.13. The van der Waals surface area contributed by atoms with Crippen molar-refractivity contribution < 1.29 is 23.5 Å². The summed E-state index contributed by atoms with van der Waals surface area (Å²) in [5.41, 5.74) is 4.74. The predicted octanol–water partition coefficient (Wildman–Crippen LogP) is 1.40. The van der Waals surface area contributed by atoms with Crippen molar-refractivity contribution in [2.24, 2.45) is 5.73 Å². The van der Waals surface area contributed by atoms with Gasteiger partial charge in [0.1, 0.15) is 5.82 Å². The van der Waals surface area contributed by atoms with Crippen molar-refractivity contribution in [3.05, 3.63) is 47.4 Å². The number of nitrogens with one attached hydrogen (secondary N) is 2. The van der Waals surface area contributed by atoms with Crippen LogP contribution in [-0.2, 0) is 16.0 Å². The van der Waals surface area contributed by atoms with Gasteiger partial charge in [-0.25, -0.2) is 9.18 Å². The number of nitrogens with two attached hydrogens (primary N) is 1. The van der Waals surface area contributed by atoms with E-state index >= 15 is 0 Å². The van der Waals surface area contributed by atoms with Gasteiger partial charge in [-0.3, -0.25) is 14.7 Å². The van der Waals surface area contributed by atoms with Crippen LogP contribution in [0.1, 0.15) is 22.8 Å². The van der Waals surface area contributed by atoms with Gasteiger partial charge in [-0.05, 0) is 18.6 Å². The Kier molecular flexibility index (Phi) is 5.25. The molecule has 0 spiro atoms. The Labute approximate surface area is 136 Å². The van der Waals surface area contributed by atoms with Crippen LogP contribution in [0.2, 0.25) is 0 Å². The summed E-state index contributed by atoms with van der Waals surface area (Å²) in [7, 11) is 0. The molecule has 0 radical (unpaired) electrons. The number of benzene rings is 1. The van der Waals surface area contributed by atoms with Crippen LogP contribution in [0.15, 0.2) is 30.5 Å². The maximum absolute atomic E-state index is 14.1. The Bertz CT molecular complexity index is 761. The largest absolute Gasteiger partial charge is 0.439 e. The van der Waals surface area contributed by atoms with E-state index < -0.39 is 29.7 Å². The summed E-state index contributed by atoms with van der Waals surface area (Å²) in [6.07, 6.45) is -1.00. The van der Waals surface area contributed by atoms with Gasteiger partial charge in [0.2, 0.25) is 0 Å². The van der Waals surface area contributed by atoms with Gasteiger partial charge in [-0.1, -0.05) is 12.1 Å². The summed E-state index contributed by atoms with van der Waals surface area (Å²) in [5, 5.41) is 8.67. The van der Waals surface area contributed by atoms with Crippen molar-refractivity contribution in [2.45, 2.75) is 19.4 Å². The molecule has 1 atom stereocenters. The topological polar surface area (TPSA) is 127 Å². The Balaban J connectivity index is 2.21. The number of hydrogen-bond acceptors (Lipinski definition) is 5. The summed E-state index contributed by atoms with van der Waals surface area (Å²) in [5.74, 6) is -1.83. The second kappa shape index (κ2) is 7.36. The van der Waals surface area contributed by atoms with E-state index in [2.05, 4.69) is 20.3 Å². The molecular weight excluding hydrogens is 319 g/mol. The Hall–Kier alpha value is -3.23. The van der Waals surface area contributed by atoms with Crippen LogP contribution in [-0.4, -0.2) is 34.1 Å². The number of H-pyrrole nitrogens is 1. The third-order valence-electron chi connectivity index (χ3n) is 3.18. The van der Waals surface area contributed by atoms with Crippen LogP contribution in [0, 0.1) is 5.82 Å². The lowest BCUT2D eigenvalue weighted by atomic mass is 9.99. The zero-order chi connectivity index (χ0) is 17.7. The first-order valence-electron chi connectivity index (χ1n) is 6.95. The number of ether oxygens (including phenoxy) is 1. The van der Waals surface area contributed by atoms with E-state index in [4.69, 9.17) is 5.73 Å². The number of aromatic amines is 1. The van der Waals surface area contributed by atoms with E-state index in [1.165, 1.54) is 31.3 Å². The minimum Gasteiger partial charge on any atom is -0.439 e. The molecule has 1 heterocycles. The molecule has 0 bridgehead atoms. The van der Waals surface area contributed by atoms with Crippen LogP contribution in [0.5, 0.6) is 0 Å². The highest BCUT2D eigenvalue weighted by Gasteiger charge is 2.22. The van der Waals surface area contributed by atoms with Gasteiger partial charge in [0.25, 0.3) is 5.91 Å². The number of aromatic nitrogens is 2. The van der Waals surface area contributed by atoms with E-state index in [0.29, 0.717) is 0 Å². The first-order chi connectivity index (χ1) is 11.4. The van der Waals surface area contributed by atoms with Crippen LogP contribution in [0.4, 0.5) is 15.0 Å². The average molecular weight is 334 g/mol. The van der Waals surface area contributed by atoms with E-state index in [0.717, 1.165) is 6.07 Å². The molecule has 0 aliphatic heterocycles. The van der Waals surface area contributed by atoms with Crippen LogP contribution < -0.4 is 11.1 Å². The van der Waals surface area contributed by atoms with Gasteiger partial charge in [-0.2, -0.15) is 5.10 Å². The molecule has 1 aromatic heterocycles. The highest BCUT2D eigenvalue weighted by Crippen LogP contribution is 2.17. The van der Waals surface area contributed by atoms with Crippen molar-refractivity contribution in [1.82, 2.24) is 10.2 Å². The number of Topliss-reactive ketones (excluding diaryl/α,β-unsaturated/α-hetero) is 1. The Morgan fingerprint density at radius 1 is 1.38 bits per heavy atom. The van der Waals surface area contributed by atoms with E-state index in [1.807, 2.05) is 0 Å². The molecule has 0 aliphatic carbocycles. The Morgan fingerprint density at radius 3 is 2.75 bits per heavy atom. The molecule has 2 amide bonds. The maximum atomic E-state index is 14.1. The van der Waals surface area contributed by atoms with Crippen LogP contribution in [0.25, 0.3) is 0 Å². The third kappa shape index (κ3) is 4.15. The molecule has 4 N–H and O–H groups in total. The second-order valence-electron chi connectivity index (χ2n) is 4.91. The number of ketones is 1. The first-order valence-corrected chi connectivity index (χ1v) is 6.95. The molecule has 126 valence electrons. The minimum atomic E-state index is -1.10. The molecule has 2 rings (SSSR count). The summed E-state index contributed by atoms with van der Waals surface area (Å²) >= 11 is 0.